The number of para-hydroxylation sites is 1. The van der Waals surface area contributed by atoms with E-state index < -0.39 is 11.8 Å². The molecule has 1 saturated heterocycles. The Kier molecular flexibility index (Phi) is 5.61. The van der Waals surface area contributed by atoms with Gasteiger partial charge in [0, 0.05) is 5.56 Å². The number of hydrazine groups is 1. The van der Waals surface area contributed by atoms with Crippen molar-refractivity contribution in [3.05, 3.63) is 69.6 Å². The fraction of sp³-hybridized carbons (Fsp3) is 0.0556. The van der Waals surface area contributed by atoms with E-state index in [1.54, 1.807) is 43.5 Å². The van der Waals surface area contributed by atoms with Gasteiger partial charge in [-0.1, -0.05) is 53.7 Å². The number of benzene rings is 2. The zero-order valence-corrected chi connectivity index (χ0v) is 16.0. The lowest BCUT2D eigenvalue weighted by Crippen LogP contribution is -2.44. The third kappa shape index (κ3) is 3.75. The molecule has 8 heteroatoms. The van der Waals surface area contributed by atoms with Crippen molar-refractivity contribution in [2.45, 2.75) is 0 Å². The number of halogens is 1. The zero-order chi connectivity index (χ0) is 18.7. The molecular formula is C18H13ClN2O3S2. The molecule has 5 nitrogen and oxygen atoms in total. The minimum Gasteiger partial charge on any atom is -0.496 e. The molecule has 1 fully saturated rings. The number of nitrogens with zero attached hydrogens (tertiary/aromatic N) is 1. The zero-order valence-electron chi connectivity index (χ0n) is 13.6. The van der Waals surface area contributed by atoms with E-state index in [1.807, 2.05) is 18.2 Å². The molecule has 2 aromatic carbocycles. The molecule has 1 heterocycles. The molecule has 0 unspecified atom stereocenters. The highest BCUT2D eigenvalue weighted by Crippen LogP contribution is 2.33. The Labute approximate surface area is 164 Å². The minimum absolute atomic E-state index is 0.233. The van der Waals surface area contributed by atoms with Crippen LogP contribution in [-0.4, -0.2) is 28.3 Å². The van der Waals surface area contributed by atoms with Gasteiger partial charge in [-0.15, -0.1) is 0 Å². The summed E-state index contributed by atoms with van der Waals surface area (Å²) >= 11 is 12.3. The Morgan fingerprint density at radius 3 is 2.65 bits per heavy atom. The average molecular weight is 405 g/mol. The second kappa shape index (κ2) is 7.90. The van der Waals surface area contributed by atoms with E-state index in [-0.39, 0.29) is 9.88 Å². The van der Waals surface area contributed by atoms with Crippen molar-refractivity contribution < 1.29 is 14.3 Å². The van der Waals surface area contributed by atoms with Crippen LogP contribution in [0.5, 0.6) is 5.75 Å². The molecule has 3 rings (SSSR count). The van der Waals surface area contributed by atoms with E-state index in [9.17, 15) is 9.59 Å². The lowest BCUT2D eigenvalue weighted by atomic mass is 10.2. The van der Waals surface area contributed by atoms with Crippen molar-refractivity contribution in [1.82, 2.24) is 10.4 Å². The summed E-state index contributed by atoms with van der Waals surface area (Å²) < 4.78 is 5.52. The average Bonchev–Trinajstić information content (AvgIpc) is 2.90. The van der Waals surface area contributed by atoms with E-state index >= 15 is 0 Å². The summed E-state index contributed by atoms with van der Waals surface area (Å²) in [5, 5.41) is 1.34. The van der Waals surface area contributed by atoms with Crippen molar-refractivity contribution in [1.29, 1.82) is 0 Å². The summed E-state index contributed by atoms with van der Waals surface area (Å²) in [7, 11) is 1.56. The summed E-state index contributed by atoms with van der Waals surface area (Å²) in [5.74, 6) is -0.283. The predicted molar refractivity (Wildman–Crippen MR) is 107 cm³/mol. The molecule has 1 N–H and O–H groups in total. The third-order valence-corrected chi connectivity index (χ3v) is 5.18. The smallest absolute Gasteiger partial charge is 0.285 e. The Hall–Kier alpha value is -2.35. The van der Waals surface area contributed by atoms with Crippen molar-refractivity contribution >= 4 is 57.8 Å². The molecule has 26 heavy (non-hydrogen) atoms. The molecule has 1 aliphatic rings. The first kappa shape index (κ1) is 18.4. The number of hydrogen-bond acceptors (Lipinski definition) is 5. The lowest BCUT2D eigenvalue weighted by molar-refractivity contribution is -0.123. The first-order valence-corrected chi connectivity index (χ1v) is 9.08. The Morgan fingerprint density at radius 1 is 1.23 bits per heavy atom. The van der Waals surface area contributed by atoms with E-state index in [0.29, 0.717) is 15.7 Å². The number of thiocarbonyl (C=S) groups is 1. The van der Waals surface area contributed by atoms with Crippen LogP contribution in [0, 0.1) is 0 Å². The maximum Gasteiger partial charge on any atom is 0.285 e. The summed E-state index contributed by atoms with van der Waals surface area (Å²) in [6, 6.07) is 13.9. The number of rotatable bonds is 4. The number of thioether (sulfide) groups is 1. The van der Waals surface area contributed by atoms with Crippen LogP contribution >= 0.6 is 35.6 Å². The fourth-order valence-electron chi connectivity index (χ4n) is 2.30. The Balaban J connectivity index is 1.82. The Bertz CT molecular complexity index is 930. The van der Waals surface area contributed by atoms with Gasteiger partial charge in [-0.2, -0.15) is 5.01 Å². The molecule has 0 saturated carbocycles. The predicted octanol–water partition coefficient (Wildman–Crippen LogP) is 3.89. The molecule has 2 amide bonds. The van der Waals surface area contributed by atoms with Crippen LogP contribution < -0.4 is 10.2 Å². The first-order chi connectivity index (χ1) is 12.5. The number of hydrogen-bond donors (Lipinski definition) is 1. The van der Waals surface area contributed by atoms with Crippen LogP contribution in [0.3, 0.4) is 0 Å². The van der Waals surface area contributed by atoms with Gasteiger partial charge in [0.2, 0.25) is 0 Å². The van der Waals surface area contributed by atoms with E-state index in [1.165, 1.54) is 0 Å². The van der Waals surface area contributed by atoms with Gasteiger partial charge < -0.3 is 4.74 Å². The highest BCUT2D eigenvalue weighted by Gasteiger charge is 2.34. The van der Waals surface area contributed by atoms with Crippen molar-refractivity contribution in [3.63, 3.8) is 0 Å². The molecule has 0 radical (unpaired) electrons. The minimum atomic E-state index is -0.509. The SMILES string of the molecule is COc1ccccc1/C=C1\SC(=S)N(NC(=O)c2ccccc2Cl)C1=O. The van der Waals surface area contributed by atoms with E-state index in [2.05, 4.69) is 5.43 Å². The van der Waals surface area contributed by atoms with Crippen molar-refractivity contribution in [2.24, 2.45) is 0 Å². The van der Waals surface area contributed by atoms with Crippen LogP contribution in [0.4, 0.5) is 0 Å². The molecule has 0 aliphatic carbocycles. The molecular weight excluding hydrogens is 392 g/mol. The van der Waals surface area contributed by atoms with Gasteiger partial charge in [0.1, 0.15) is 5.75 Å². The largest absolute Gasteiger partial charge is 0.496 e. The second-order valence-electron chi connectivity index (χ2n) is 5.18. The Morgan fingerprint density at radius 2 is 1.92 bits per heavy atom. The fourth-order valence-corrected chi connectivity index (χ4v) is 3.69. The summed E-state index contributed by atoms with van der Waals surface area (Å²) in [4.78, 5) is 25.4. The summed E-state index contributed by atoms with van der Waals surface area (Å²) in [5.41, 5.74) is 3.51. The molecule has 0 spiro atoms. The van der Waals surface area contributed by atoms with Crippen molar-refractivity contribution in [3.8, 4) is 5.75 Å². The van der Waals surface area contributed by atoms with E-state index in [0.717, 1.165) is 22.3 Å². The summed E-state index contributed by atoms with van der Waals surface area (Å²) in [6.45, 7) is 0. The molecule has 0 bridgehead atoms. The number of nitrogens with one attached hydrogen (secondary N) is 1. The third-order valence-electron chi connectivity index (χ3n) is 3.55. The monoisotopic (exact) mass is 404 g/mol. The molecule has 132 valence electrons. The van der Waals surface area contributed by atoms with E-state index in [4.69, 9.17) is 28.6 Å². The highest BCUT2D eigenvalue weighted by molar-refractivity contribution is 8.26. The maximum absolute atomic E-state index is 12.6. The van der Waals surface area contributed by atoms with Crippen LogP contribution in [0.2, 0.25) is 5.02 Å². The van der Waals surface area contributed by atoms with Gasteiger partial charge >= 0.3 is 0 Å². The maximum atomic E-state index is 12.6. The van der Waals surface area contributed by atoms with Gasteiger partial charge in [-0.25, -0.2) is 0 Å². The number of carbonyl (C=O) groups is 2. The normalized spacial score (nSPS) is 15.5. The van der Waals surface area contributed by atoms with Gasteiger partial charge in [0.15, 0.2) is 4.32 Å². The molecule has 0 aromatic heterocycles. The number of methoxy groups -OCH3 is 1. The van der Waals surface area contributed by atoms with Crippen molar-refractivity contribution in [2.75, 3.05) is 7.11 Å². The van der Waals surface area contributed by atoms with Crippen LogP contribution in [0.1, 0.15) is 15.9 Å². The van der Waals surface area contributed by atoms with Gasteiger partial charge in [0.05, 0.1) is 22.6 Å². The summed E-state index contributed by atoms with van der Waals surface area (Å²) in [6.07, 6.45) is 1.68. The van der Waals surface area contributed by atoms with Crippen LogP contribution in [0.25, 0.3) is 6.08 Å². The lowest BCUT2D eigenvalue weighted by Gasteiger charge is -2.16. The molecule has 0 atom stereocenters. The number of amides is 2. The quantitative estimate of drug-likeness (QED) is 0.618. The van der Waals surface area contributed by atoms with Crippen LogP contribution in [0.15, 0.2) is 53.4 Å². The topological polar surface area (TPSA) is 58.6 Å². The molecule has 1 aliphatic heterocycles. The first-order valence-electron chi connectivity index (χ1n) is 7.47. The molecule has 2 aromatic rings. The van der Waals surface area contributed by atoms with Gasteiger partial charge in [-0.3, -0.25) is 15.0 Å². The highest BCUT2D eigenvalue weighted by atomic mass is 35.5. The van der Waals surface area contributed by atoms with Gasteiger partial charge in [-0.05, 0) is 36.5 Å². The standard InChI is InChI=1S/C18H13ClN2O3S2/c1-24-14-9-5-2-6-11(14)10-15-17(23)21(18(25)26-15)20-16(22)12-7-3-4-8-13(12)19/h2-10H,1H3,(H,20,22)/b15-10-. The number of ether oxygens (including phenoxy) is 1. The number of carbonyl (C=O) groups excluding carboxylic acids is 2. The van der Waals surface area contributed by atoms with Gasteiger partial charge in [0.25, 0.3) is 11.8 Å². The second-order valence-corrected chi connectivity index (χ2v) is 7.26. The van der Waals surface area contributed by atoms with Crippen LogP contribution in [-0.2, 0) is 4.79 Å².